The molecule has 1 aliphatic carbocycles. The van der Waals surface area contributed by atoms with E-state index in [1.54, 1.807) is 49.6 Å². The summed E-state index contributed by atoms with van der Waals surface area (Å²) in [6, 6.07) is 9.09. The number of aromatic nitrogens is 2. The standard InChI is InChI=1S/C23H28N4O3S2/c1-14-4-7-16(32(29,30)26-11-10-23(2,3)28)12-17(14)18-13-25-22(24)21(27-18)20-9-8-19(31-20)15-5-6-15/h4,7-9,12-13,15,26,28H,5-6,10-11H2,1-3H3,(H2,24,25). The number of hydrogen-bond donors (Lipinski definition) is 3. The molecule has 4 rings (SSSR count). The van der Waals surface area contributed by atoms with Crippen molar-refractivity contribution in [2.45, 2.75) is 56.4 Å². The predicted molar refractivity (Wildman–Crippen MR) is 128 cm³/mol. The maximum absolute atomic E-state index is 12.8. The number of aliphatic hydroxyl groups is 1. The number of hydrogen-bond acceptors (Lipinski definition) is 7. The van der Waals surface area contributed by atoms with Crippen LogP contribution in [0.5, 0.6) is 0 Å². The molecule has 0 amide bonds. The quantitative estimate of drug-likeness (QED) is 0.455. The third kappa shape index (κ3) is 5.17. The fourth-order valence-electron chi connectivity index (χ4n) is 3.40. The summed E-state index contributed by atoms with van der Waals surface area (Å²) in [6.45, 7) is 5.33. The number of rotatable bonds is 8. The summed E-state index contributed by atoms with van der Waals surface area (Å²) in [5.74, 6) is 1.01. The summed E-state index contributed by atoms with van der Waals surface area (Å²) >= 11 is 1.69. The van der Waals surface area contributed by atoms with Gasteiger partial charge in [0.15, 0.2) is 5.82 Å². The van der Waals surface area contributed by atoms with E-state index in [1.165, 1.54) is 17.7 Å². The van der Waals surface area contributed by atoms with Crippen LogP contribution in [0.4, 0.5) is 5.82 Å². The van der Waals surface area contributed by atoms with E-state index in [0.717, 1.165) is 10.4 Å². The molecule has 170 valence electrons. The lowest BCUT2D eigenvalue weighted by Crippen LogP contribution is -2.30. The highest BCUT2D eigenvalue weighted by Crippen LogP contribution is 2.45. The van der Waals surface area contributed by atoms with E-state index in [4.69, 9.17) is 10.7 Å². The zero-order chi connectivity index (χ0) is 23.1. The molecule has 2 heterocycles. The molecule has 9 heteroatoms. The van der Waals surface area contributed by atoms with Gasteiger partial charge >= 0.3 is 0 Å². The van der Waals surface area contributed by atoms with Gasteiger partial charge in [0.25, 0.3) is 0 Å². The van der Waals surface area contributed by atoms with Crippen molar-refractivity contribution in [2.75, 3.05) is 12.3 Å². The Morgan fingerprint density at radius 3 is 2.69 bits per heavy atom. The fourth-order valence-corrected chi connectivity index (χ4v) is 5.63. The van der Waals surface area contributed by atoms with Crippen LogP contribution in [0.15, 0.2) is 41.4 Å². The van der Waals surface area contributed by atoms with Crippen LogP contribution >= 0.6 is 11.3 Å². The number of nitrogens with one attached hydrogen (secondary N) is 1. The van der Waals surface area contributed by atoms with Crippen LogP contribution in [0.3, 0.4) is 0 Å². The predicted octanol–water partition coefficient (Wildman–Crippen LogP) is 4.08. The van der Waals surface area contributed by atoms with Gasteiger partial charge in [-0.2, -0.15) is 0 Å². The number of nitrogens with zero attached hydrogens (tertiary/aromatic N) is 2. The molecule has 0 atom stereocenters. The monoisotopic (exact) mass is 472 g/mol. The van der Waals surface area contributed by atoms with Crippen molar-refractivity contribution < 1.29 is 13.5 Å². The smallest absolute Gasteiger partial charge is 0.240 e. The first-order valence-electron chi connectivity index (χ1n) is 10.6. The Hall–Kier alpha value is -2.33. The van der Waals surface area contributed by atoms with E-state index >= 15 is 0 Å². The maximum Gasteiger partial charge on any atom is 0.240 e. The second kappa shape index (κ2) is 8.55. The molecule has 0 unspecified atom stereocenters. The van der Waals surface area contributed by atoms with Crippen LogP contribution in [0, 0.1) is 6.92 Å². The first-order chi connectivity index (χ1) is 15.0. The van der Waals surface area contributed by atoms with Crippen LogP contribution in [0.25, 0.3) is 21.8 Å². The molecular weight excluding hydrogens is 444 g/mol. The summed E-state index contributed by atoms with van der Waals surface area (Å²) in [5, 5.41) is 9.83. The van der Waals surface area contributed by atoms with Gasteiger partial charge in [-0.3, -0.25) is 0 Å². The van der Waals surface area contributed by atoms with Crippen molar-refractivity contribution in [3.8, 4) is 21.8 Å². The first kappa shape index (κ1) is 22.8. The molecule has 0 bridgehead atoms. The minimum atomic E-state index is -3.73. The molecule has 0 spiro atoms. The van der Waals surface area contributed by atoms with E-state index in [1.807, 2.05) is 13.0 Å². The van der Waals surface area contributed by atoms with Crippen molar-refractivity contribution in [2.24, 2.45) is 0 Å². The summed E-state index contributed by atoms with van der Waals surface area (Å²) in [6.07, 6.45) is 4.34. The molecule has 3 aromatic rings. The molecule has 1 aromatic carbocycles. The molecule has 1 fully saturated rings. The molecule has 7 nitrogen and oxygen atoms in total. The van der Waals surface area contributed by atoms with Crippen molar-refractivity contribution in [3.63, 3.8) is 0 Å². The summed E-state index contributed by atoms with van der Waals surface area (Å²) in [4.78, 5) is 11.5. The number of nitrogens with two attached hydrogens (primary N) is 1. The highest BCUT2D eigenvalue weighted by Gasteiger charge is 2.26. The van der Waals surface area contributed by atoms with Crippen LogP contribution in [-0.4, -0.2) is 35.6 Å². The van der Waals surface area contributed by atoms with Crippen LogP contribution in [0.2, 0.25) is 0 Å². The van der Waals surface area contributed by atoms with Crippen molar-refractivity contribution >= 4 is 27.2 Å². The Morgan fingerprint density at radius 1 is 1.25 bits per heavy atom. The number of benzene rings is 1. The molecule has 0 saturated heterocycles. The van der Waals surface area contributed by atoms with E-state index in [9.17, 15) is 13.5 Å². The lowest BCUT2D eigenvalue weighted by atomic mass is 10.1. The second-order valence-corrected chi connectivity index (χ2v) is 11.8. The molecule has 1 saturated carbocycles. The molecule has 0 aliphatic heterocycles. The largest absolute Gasteiger partial charge is 0.390 e. The Bertz CT molecular complexity index is 1240. The van der Waals surface area contributed by atoms with Gasteiger partial charge in [-0.25, -0.2) is 23.1 Å². The number of anilines is 1. The third-order valence-corrected chi connectivity index (χ3v) is 8.18. The second-order valence-electron chi connectivity index (χ2n) is 8.90. The highest BCUT2D eigenvalue weighted by atomic mass is 32.2. The van der Waals surface area contributed by atoms with Gasteiger partial charge in [0, 0.05) is 17.0 Å². The number of aryl methyl sites for hydroxylation is 1. The Kier molecular flexibility index (Phi) is 6.10. The maximum atomic E-state index is 12.8. The van der Waals surface area contributed by atoms with Gasteiger partial charge in [0.05, 0.1) is 27.3 Å². The minimum absolute atomic E-state index is 0.140. The molecule has 4 N–H and O–H groups in total. The topological polar surface area (TPSA) is 118 Å². The van der Waals surface area contributed by atoms with Gasteiger partial charge in [-0.15, -0.1) is 11.3 Å². The van der Waals surface area contributed by atoms with E-state index in [0.29, 0.717) is 35.1 Å². The summed E-state index contributed by atoms with van der Waals surface area (Å²) < 4.78 is 28.1. The third-order valence-electron chi connectivity index (χ3n) is 5.46. The zero-order valence-electron chi connectivity index (χ0n) is 18.4. The molecular formula is C23H28N4O3S2. The van der Waals surface area contributed by atoms with Gasteiger partial charge in [0.1, 0.15) is 5.69 Å². The average molecular weight is 473 g/mol. The van der Waals surface area contributed by atoms with E-state index < -0.39 is 15.6 Å². The van der Waals surface area contributed by atoms with E-state index in [-0.39, 0.29) is 11.4 Å². The number of sulfonamides is 1. The normalized spacial score (nSPS) is 14.6. The van der Waals surface area contributed by atoms with Crippen LogP contribution < -0.4 is 10.5 Å². The first-order valence-corrected chi connectivity index (χ1v) is 12.9. The van der Waals surface area contributed by atoms with Crippen molar-refractivity contribution in [1.29, 1.82) is 0 Å². The summed E-state index contributed by atoms with van der Waals surface area (Å²) in [7, 11) is -3.73. The van der Waals surface area contributed by atoms with E-state index in [2.05, 4.69) is 15.8 Å². The Balaban J connectivity index is 1.65. The lowest BCUT2D eigenvalue weighted by molar-refractivity contribution is 0.0728. The minimum Gasteiger partial charge on any atom is -0.390 e. The average Bonchev–Trinajstić information content (AvgIpc) is 3.45. The van der Waals surface area contributed by atoms with Crippen molar-refractivity contribution in [3.05, 3.63) is 47.0 Å². The van der Waals surface area contributed by atoms with Crippen LogP contribution in [0.1, 0.15) is 49.5 Å². The van der Waals surface area contributed by atoms with Gasteiger partial charge in [-0.1, -0.05) is 6.07 Å². The Morgan fingerprint density at radius 2 is 2.00 bits per heavy atom. The molecule has 2 aromatic heterocycles. The summed E-state index contributed by atoms with van der Waals surface area (Å²) in [5.41, 5.74) is 7.95. The lowest BCUT2D eigenvalue weighted by Gasteiger charge is -2.17. The van der Waals surface area contributed by atoms with Gasteiger partial charge in [-0.05, 0) is 75.8 Å². The molecule has 32 heavy (non-hydrogen) atoms. The van der Waals surface area contributed by atoms with Gasteiger partial charge < -0.3 is 10.8 Å². The number of thiophene rings is 1. The highest BCUT2D eigenvalue weighted by molar-refractivity contribution is 7.89. The van der Waals surface area contributed by atoms with Crippen LogP contribution in [-0.2, 0) is 10.0 Å². The SMILES string of the molecule is Cc1ccc(S(=O)(=O)NCCC(C)(C)O)cc1-c1cnc(N)c(-c2ccc(C3CC3)s2)n1. The molecule has 1 aliphatic rings. The van der Waals surface area contributed by atoms with Crippen molar-refractivity contribution in [1.82, 2.24) is 14.7 Å². The molecule has 0 radical (unpaired) electrons. The zero-order valence-corrected chi connectivity index (χ0v) is 20.1. The number of nitrogen functional groups attached to an aromatic ring is 1. The fraction of sp³-hybridized carbons (Fsp3) is 0.391. The van der Waals surface area contributed by atoms with Gasteiger partial charge in [0.2, 0.25) is 10.0 Å². The Labute approximate surface area is 192 Å².